The predicted molar refractivity (Wildman–Crippen MR) is 105 cm³/mol. The largest absolute Gasteiger partial charge is 0.381 e. The summed E-state index contributed by atoms with van der Waals surface area (Å²) in [5.41, 5.74) is 0.433. The summed E-state index contributed by atoms with van der Waals surface area (Å²) < 4.78 is 61.0. The Morgan fingerprint density at radius 1 is 1.00 bits per heavy atom. The molecule has 0 aromatic heterocycles. The Kier molecular flexibility index (Phi) is 5.70. The number of hydrogen-bond donors (Lipinski definition) is 0. The average molecular weight is 422 g/mol. The van der Waals surface area contributed by atoms with Crippen LogP contribution in [0.2, 0.25) is 0 Å². The highest BCUT2D eigenvalue weighted by Crippen LogP contribution is 2.35. The molecule has 0 aliphatic carbocycles. The summed E-state index contributed by atoms with van der Waals surface area (Å²) in [6.45, 7) is 2.62. The van der Waals surface area contributed by atoms with Crippen LogP contribution in [0, 0.1) is 11.6 Å². The molecule has 0 atom stereocenters. The minimum atomic E-state index is -3.94. The molecule has 2 aliphatic heterocycles. The molecule has 8 heteroatoms. The first-order valence-electron chi connectivity index (χ1n) is 9.73. The van der Waals surface area contributed by atoms with Crippen LogP contribution in [0.25, 0.3) is 0 Å². The van der Waals surface area contributed by atoms with Crippen LogP contribution in [0.15, 0.2) is 53.4 Å². The summed E-state index contributed by atoms with van der Waals surface area (Å²) in [4.78, 5) is 1.94. The molecule has 0 saturated carbocycles. The Labute approximate surface area is 169 Å². The minimum absolute atomic E-state index is 0.259. The molecule has 2 saturated heterocycles. The lowest BCUT2D eigenvalue weighted by Gasteiger charge is -2.52. The molecule has 2 aromatic carbocycles. The van der Waals surface area contributed by atoms with Crippen LogP contribution in [0.1, 0.15) is 18.4 Å². The molecule has 0 amide bonds. The van der Waals surface area contributed by atoms with E-state index in [1.807, 2.05) is 6.07 Å². The molecule has 0 bridgehead atoms. The van der Waals surface area contributed by atoms with E-state index in [-0.39, 0.29) is 23.8 Å². The van der Waals surface area contributed by atoms with Crippen molar-refractivity contribution in [2.45, 2.75) is 29.8 Å². The summed E-state index contributed by atoms with van der Waals surface area (Å²) in [7, 11) is -3.94. The summed E-state index contributed by atoms with van der Waals surface area (Å²) in [6.07, 6.45) is 1.34. The van der Waals surface area contributed by atoms with Crippen LogP contribution in [0.4, 0.5) is 8.78 Å². The van der Waals surface area contributed by atoms with Gasteiger partial charge in [-0.3, -0.25) is 4.90 Å². The molecule has 2 aromatic rings. The molecule has 0 radical (unpaired) electrons. The van der Waals surface area contributed by atoms with E-state index in [0.29, 0.717) is 39.1 Å². The van der Waals surface area contributed by atoms with E-state index in [9.17, 15) is 17.2 Å². The second-order valence-corrected chi connectivity index (χ2v) is 9.56. The van der Waals surface area contributed by atoms with Crippen LogP contribution >= 0.6 is 0 Å². The van der Waals surface area contributed by atoms with E-state index in [0.717, 1.165) is 11.6 Å². The van der Waals surface area contributed by atoms with Gasteiger partial charge in [0.25, 0.3) is 0 Å². The van der Waals surface area contributed by atoms with Gasteiger partial charge >= 0.3 is 0 Å². The Morgan fingerprint density at radius 2 is 1.76 bits per heavy atom. The third-order valence-corrected chi connectivity index (χ3v) is 7.78. The number of nitrogens with zero attached hydrogens (tertiary/aromatic N) is 2. The Bertz CT molecular complexity index is 977. The lowest BCUT2D eigenvalue weighted by molar-refractivity contribution is -0.0608. The first-order valence-corrected chi connectivity index (χ1v) is 11.2. The number of rotatable bonds is 4. The maximum Gasteiger partial charge on any atom is 0.246 e. The lowest BCUT2D eigenvalue weighted by atomic mass is 9.86. The molecule has 5 nitrogen and oxygen atoms in total. The van der Waals surface area contributed by atoms with Crippen molar-refractivity contribution >= 4 is 10.0 Å². The average Bonchev–Trinajstić information content (AvgIpc) is 2.70. The van der Waals surface area contributed by atoms with Crippen molar-refractivity contribution in [1.82, 2.24) is 9.21 Å². The third kappa shape index (κ3) is 4.07. The number of hydrogen-bond acceptors (Lipinski definition) is 4. The van der Waals surface area contributed by atoms with Crippen molar-refractivity contribution in [2.24, 2.45) is 0 Å². The molecule has 2 aliphatic rings. The first kappa shape index (κ1) is 20.4. The molecule has 2 heterocycles. The zero-order valence-corrected chi connectivity index (χ0v) is 16.9. The maximum absolute atomic E-state index is 14.2. The standard InChI is InChI=1S/C21H24F2N2O3S/c22-18-5-3-4-17(14-18)15-24-10-11-25(16-21(24)8-12-28-13-9-21)29(26,27)20-7-2-1-6-19(20)23/h1-7,14H,8-13,15-16H2. The van der Waals surface area contributed by atoms with Gasteiger partial charge in [0.1, 0.15) is 16.5 Å². The topological polar surface area (TPSA) is 49.9 Å². The van der Waals surface area contributed by atoms with Crippen molar-refractivity contribution in [3.05, 3.63) is 65.7 Å². The number of halogens is 2. The van der Waals surface area contributed by atoms with Crippen molar-refractivity contribution in [3.63, 3.8) is 0 Å². The van der Waals surface area contributed by atoms with E-state index in [1.54, 1.807) is 6.07 Å². The highest BCUT2D eigenvalue weighted by atomic mass is 32.2. The van der Waals surface area contributed by atoms with Gasteiger partial charge in [-0.2, -0.15) is 4.31 Å². The summed E-state index contributed by atoms with van der Waals surface area (Å²) in [6, 6.07) is 11.9. The van der Waals surface area contributed by atoms with Gasteiger partial charge in [0.05, 0.1) is 0 Å². The summed E-state index contributed by atoms with van der Waals surface area (Å²) in [5.74, 6) is -1.03. The molecule has 29 heavy (non-hydrogen) atoms. The highest BCUT2D eigenvalue weighted by Gasteiger charge is 2.46. The third-order valence-electron chi connectivity index (χ3n) is 5.90. The van der Waals surface area contributed by atoms with Crippen LogP contribution in [0.3, 0.4) is 0 Å². The van der Waals surface area contributed by atoms with Crippen LogP contribution < -0.4 is 0 Å². The summed E-state index contributed by atoms with van der Waals surface area (Å²) >= 11 is 0. The SMILES string of the molecule is O=S(=O)(c1ccccc1F)N1CCN(Cc2cccc(F)c2)C2(CCOCC2)C1. The molecule has 4 rings (SSSR count). The molecule has 156 valence electrons. The predicted octanol–water partition coefficient (Wildman–Crippen LogP) is 3.02. The van der Waals surface area contributed by atoms with Crippen molar-refractivity contribution in [1.29, 1.82) is 0 Å². The van der Waals surface area contributed by atoms with E-state index in [4.69, 9.17) is 4.74 Å². The van der Waals surface area contributed by atoms with Gasteiger partial charge in [0, 0.05) is 44.9 Å². The second-order valence-electron chi connectivity index (χ2n) is 7.66. The smallest absolute Gasteiger partial charge is 0.246 e. The van der Waals surface area contributed by atoms with E-state index >= 15 is 0 Å². The first-order chi connectivity index (χ1) is 13.9. The van der Waals surface area contributed by atoms with Gasteiger partial charge in [0.15, 0.2) is 0 Å². The number of piperazine rings is 1. The van der Waals surface area contributed by atoms with Crippen molar-refractivity contribution in [3.8, 4) is 0 Å². The normalized spacial score (nSPS) is 20.8. The molecule has 0 N–H and O–H groups in total. The Hall–Kier alpha value is -1.87. The monoisotopic (exact) mass is 422 g/mol. The quantitative estimate of drug-likeness (QED) is 0.760. The Morgan fingerprint density at radius 3 is 2.48 bits per heavy atom. The molecular formula is C21H24F2N2O3S. The zero-order valence-electron chi connectivity index (χ0n) is 16.1. The fourth-order valence-electron chi connectivity index (χ4n) is 4.30. The zero-order chi connectivity index (χ0) is 20.5. The van der Waals surface area contributed by atoms with Crippen LogP contribution in [-0.4, -0.2) is 56.0 Å². The highest BCUT2D eigenvalue weighted by molar-refractivity contribution is 7.89. The number of sulfonamides is 1. The maximum atomic E-state index is 14.2. The van der Waals surface area contributed by atoms with Crippen LogP contribution in [-0.2, 0) is 21.3 Å². The molecule has 2 fully saturated rings. The molecule has 0 unspecified atom stereocenters. The Balaban J connectivity index is 1.62. The number of ether oxygens (including phenoxy) is 1. The summed E-state index contributed by atoms with van der Waals surface area (Å²) in [5, 5.41) is 0. The molecule has 1 spiro atoms. The van der Waals surface area contributed by atoms with Gasteiger partial charge in [-0.05, 0) is 42.7 Å². The van der Waals surface area contributed by atoms with Crippen molar-refractivity contribution < 1.29 is 21.9 Å². The van der Waals surface area contributed by atoms with Gasteiger partial charge in [-0.25, -0.2) is 17.2 Å². The number of benzene rings is 2. The van der Waals surface area contributed by atoms with E-state index in [2.05, 4.69) is 4.90 Å². The van der Waals surface area contributed by atoms with E-state index in [1.165, 1.54) is 34.6 Å². The van der Waals surface area contributed by atoms with E-state index < -0.39 is 21.4 Å². The van der Waals surface area contributed by atoms with Crippen LogP contribution in [0.5, 0.6) is 0 Å². The molecular weight excluding hydrogens is 398 g/mol. The van der Waals surface area contributed by atoms with Gasteiger partial charge < -0.3 is 4.74 Å². The lowest BCUT2D eigenvalue weighted by Crippen LogP contribution is -2.64. The fraction of sp³-hybridized carbons (Fsp3) is 0.429. The van der Waals surface area contributed by atoms with Gasteiger partial charge in [-0.15, -0.1) is 0 Å². The van der Waals surface area contributed by atoms with Gasteiger partial charge in [0.2, 0.25) is 10.0 Å². The van der Waals surface area contributed by atoms with Gasteiger partial charge in [-0.1, -0.05) is 24.3 Å². The van der Waals surface area contributed by atoms with Crippen molar-refractivity contribution in [2.75, 3.05) is 32.8 Å². The minimum Gasteiger partial charge on any atom is -0.381 e. The fourth-order valence-corrected chi connectivity index (χ4v) is 5.88. The second kappa shape index (κ2) is 8.10.